The maximum Gasteiger partial charge on any atom is 0.341 e. The summed E-state index contributed by atoms with van der Waals surface area (Å²) in [5.41, 5.74) is 0.649. The number of amides is 1. The van der Waals surface area contributed by atoms with Crippen LogP contribution in [0.2, 0.25) is 0 Å². The number of benzene rings is 2. The van der Waals surface area contributed by atoms with Crippen molar-refractivity contribution in [2.45, 2.75) is 19.9 Å². The molecule has 0 spiro atoms. The molecule has 0 unspecified atom stereocenters. The molecule has 0 aromatic heterocycles. The number of carbonyl (C=O) groups is 2. The predicted octanol–water partition coefficient (Wildman–Crippen LogP) is 3.27. The van der Waals surface area contributed by atoms with Crippen molar-refractivity contribution in [2.75, 3.05) is 19.8 Å². The Kier molecular flexibility index (Phi) is 6.13. The van der Waals surface area contributed by atoms with Crippen LogP contribution in [0.3, 0.4) is 0 Å². The molecule has 3 rings (SSSR count). The van der Waals surface area contributed by atoms with Crippen molar-refractivity contribution in [3.05, 3.63) is 59.4 Å². The number of halogens is 1. The Morgan fingerprint density at radius 3 is 2.54 bits per heavy atom. The molecule has 1 aliphatic rings. The topological polar surface area (TPSA) is 73.9 Å². The number of carbonyl (C=O) groups excluding carboxylic acids is 2. The summed E-state index contributed by atoms with van der Waals surface area (Å²) in [6, 6.07) is 10.7. The Hall–Kier alpha value is -3.09. The fraction of sp³-hybridized carbons (Fsp3) is 0.333. The predicted molar refractivity (Wildman–Crippen MR) is 99.8 cm³/mol. The highest BCUT2D eigenvalue weighted by molar-refractivity contribution is 5.91. The first kappa shape index (κ1) is 19.7. The zero-order valence-corrected chi connectivity index (χ0v) is 15.7. The smallest absolute Gasteiger partial charge is 0.341 e. The second kappa shape index (κ2) is 8.73. The first-order chi connectivity index (χ1) is 13.5. The Morgan fingerprint density at radius 2 is 1.82 bits per heavy atom. The molecule has 2 aromatic rings. The second-order valence-corrected chi connectivity index (χ2v) is 6.75. The molecular formula is C21H22FNO5. The van der Waals surface area contributed by atoms with E-state index in [0.29, 0.717) is 24.7 Å². The third kappa shape index (κ3) is 4.60. The van der Waals surface area contributed by atoms with Gasteiger partial charge in [0.05, 0.1) is 11.6 Å². The van der Waals surface area contributed by atoms with Gasteiger partial charge in [0, 0.05) is 0 Å². The largest absolute Gasteiger partial charge is 0.486 e. The summed E-state index contributed by atoms with van der Waals surface area (Å²) >= 11 is 0. The molecule has 7 heteroatoms. The standard InChI is InChI=1S/C21H22FNO5/c1-13(2)20(14-7-8-17-18(11-14)27-10-9-26-17)23-19(24)12-28-21(25)15-5-3-4-6-16(15)22/h3-8,11,13,20H,9-10,12H2,1-2H3,(H,23,24)/t20-/m0/s1. The molecule has 1 amide bonds. The molecular weight excluding hydrogens is 365 g/mol. The number of fused-ring (bicyclic) bond motifs is 1. The fourth-order valence-corrected chi connectivity index (χ4v) is 2.94. The van der Waals surface area contributed by atoms with E-state index in [1.807, 2.05) is 32.0 Å². The van der Waals surface area contributed by atoms with Crippen molar-refractivity contribution in [1.82, 2.24) is 5.32 Å². The van der Waals surface area contributed by atoms with Crippen LogP contribution in [0.15, 0.2) is 42.5 Å². The molecule has 1 heterocycles. The van der Waals surface area contributed by atoms with Crippen LogP contribution in [0.25, 0.3) is 0 Å². The average molecular weight is 387 g/mol. The van der Waals surface area contributed by atoms with Crippen LogP contribution < -0.4 is 14.8 Å². The molecule has 0 aliphatic carbocycles. The molecule has 0 saturated carbocycles. The van der Waals surface area contributed by atoms with Gasteiger partial charge in [-0.2, -0.15) is 0 Å². The van der Waals surface area contributed by atoms with Crippen LogP contribution in [-0.4, -0.2) is 31.7 Å². The van der Waals surface area contributed by atoms with Crippen molar-refractivity contribution in [2.24, 2.45) is 5.92 Å². The summed E-state index contributed by atoms with van der Waals surface area (Å²) in [7, 11) is 0. The highest BCUT2D eigenvalue weighted by atomic mass is 19.1. The number of nitrogens with one attached hydrogen (secondary N) is 1. The van der Waals surface area contributed by atoms with E-state index in [4.69, 9.17) is 14.2 Å². The molecule has 0 radical (unpaired) electrons. The Bertz CT molecular complexity index is 868. The van der Waals surface area contributed by atoms with Gasteiger partial charge in [0.1, 0.15) is 19.0 Å². The van der Waals surface area contributed by atoms with E-state index in [2.05, 4.69) is 5.32 Å². The average Bonchev–Trinajstić information content (AvgIpc) is 2.70. The highest BCUT2D eigenvalue weighted by Crippen LogP contribution is 2.34. The summed E-state index contributed by atoms with van der Waals surface area (Å²) in [5.74, 6) is -0.665. The minimum absolute atomic E-state index is 0.0776. The van der Waals surface area contributed by atoms with Crippen LogP contribution in [-0.2, 0) is 9.53 Å². The number of rotatable bonds is 6. The van der Waals surface area contributed by atoms with E-state index in [9.17, 15) is 14.0 Å². The Morgan fingerprint density at radius 1 is 1.11 bits per heavy atom. The summed E-state index contributed by atoms with van der Waals surface area (Å²) in [6.45, 7) is 4.41. The zero-order valence-electron chi connectivity index (χ0n) is 15.7. The number of ether oxygens (including phenoxy) is 3. The van der Waals surface area contributed by atoms with Crippen LogP contribution >= 0.6 is 0 Å². The molecule has 1 N–H and O–H groups in total. The van der Waals surface area contributed by atoms with E-state index in [1.165, 1.54) is 18.2 Å². The third-order valence-corrected chi connectivity index (χ3v) is 4.34. The van der Waals surface area contributed by atoms with Crippen LogP contribution in [0.5, 0.6) is 11.5 Å². The van der Waals surface area contributed by atoms with Crippen LogP contribution in [0.1, 0.15) is 35.8 Å². The quantitative estimate of drug-likeness (QED) is 0.770. The first-order valence-electron chi connectivity index (χ1n) is 9.06. The van der Waals surface area contributed by atoms with Gasteiger partial charge in [0.25, 0.3) is 5.91 Å². The van der Waals surface area contributed by atoms with Gasteiger partial charge in [-0.1, -0.05) is 32.0 Å². The molecule has 1 aliphatic heterocycles. The highest BCUT2D eigenvalue weighted by Gasteiger charge is 2.22. The monoisotopic (exact) mass is 387 g/mol. The summed E-state index contributed by atoms with van der Waals surface area (Å²) in [5, 5.41) is 2.85. The van der Waals surface area contributed by atoms with Gasteiger partial charge >= 0.3 is 5.97 Å². The SMILES string of the molecule is CC(C)[C@H](NC(=O)COC(=O)c1ccccc1F)c1ccc2c(c1)OCCO2. The number of hydrogen-bond donors (Lipinski definition) is 1. The molecule has 2 aromatic carbocycles. The van der Waals surface area contributed by atoms with Crippen molar-refractivity contribution >= 4 is 11.9 Å². The lowest BCUT2D eigenvalue weighted by Gasteiger charge is -2.25. The van der Waals surface area contributed by atoms with Crippen LogP contribution in [0.4, 0.5) is 4.39 Å². The van der Waals surface area contributed by atoms with Crippen molar-refractivity contribution in [3.63, 3.8) is 0 Å². The fourth-order valence-electron chi connectivity index (χ4n) is 2.94. The summed E-state index contributed by atoms with van der Waals surface area (Å²) in [6.07, 6.45) is 0. The lowest BCUT2D eigenvalue weighted by Crippen LogP contribution is -2.35. The van der Waals surface area contributed by atoms with Gasteiger partial charge in [0.2, 0.25) is 0 Å². The molecule has 28 heavy (non-hydrogen) atoms. The van der Waals surface area contributed by atoms with Crippen molar-refractivity contribution in [1.29, 1.82) is 0 Å². The van der Waals surface area contributed by atoms with Crippen molar-refractivity contribution in [3.8, 4) is 11.5 Å². The molecule has 0 fully saturated rings. The van der Waals surface area contributed by atoms with E-state index in [1.54, 1.807) is 0 Å². The van der Waals surface area contributed by atoms with Gasteiger partial charge in [-0.05, 0) is 35.7 Å². The summed E-state index contributed by atoms with van der Waals surface area (Å²) < 4.78 is 29.7. The number of esters is 1. The van der Waals surface area contributed by atoms with Gasteiger partial charge in [-0.25, -0.2) is 9.18 Å². The summed E-state index contributed by atoms with van der Waals surface area (Å²) in [4.78, 5) is 24.3. The Balaban J connectivity index is 1.63. The van der Waals surface area contributed by atoms with E-state index in [0.717, 1.165) is 11.6 Å². The van der Waals surface area contributed by atoms with E-state index in [-0.39, 0.29) is 17.5 Å². The molecule has 6 nitrogen and oxygen atoms in total. The maximum atomic E-state index is 13.6. The minimum Gasteiger partial charge on any atom is -0.486 e. The maximum absolute atomic E-state index is 13.6. The lowest BCUT2D eigenvalue weighted by molar-refractivity contribution is -0.125. The molecule has 1 atom stereocenters. The molecule has 0 bridgehead atoms. The van der Waals surface area contributed by atoms with Crippen LogP contribution in [0, 0.1) is 11.7 Å². The third-order valence-electron chi connectivity index (χ3n) is 4.34. The van der Waals surface area contributed by atoms with Gasteiger partial charge < -0.3 is 19.5 Å². The molecule has 148 valence electrons. The first-order valence-corrected chi connectivity index (χ1v) is 9.06. The van der Waals surface area contributed by atoms with E-state index >= 15 is 0 Å². The molecule has 0 saturated heterocycles. The Labute approximate surface area is 162 Å². The van der Waals surface area contributed by atoms with E-state index < -0.39 is 24.3 Å². The normalized spacial score (nSPS) is 13.7. The van der Waals surface area contributed by atoms with Gasteiger partial charge in [-0.15, -0.1) is 0 Å². The van der Waals surface area contributed by atoms with Crippen molar-refractivity contribution < 1.29 is 28.2 Å². The lowest BCUT2D eigenvalue weighted by atomic mass is 9.95. The minimum atomic E-state index is -0.881. The van der Waals surface area contributed by atoms with Gasteiger partial charge in [-0.3, -0.25) is 4.79 Å². The number of hydrogen-bond acceptors (Lipinski definition) is 5. The van der Waals surface area contributed by atoms with Gasteiger partial charge in [0.15, 0.2) is 18.1 Å². The zero-order chi connectivity index (χ0) is 20.1. The second-order valence-electron chi connectivity index (χ2n) is 6.75.